The van der Waals surface area contributed by atoms with E-state index >= 15 is 0 Å². The highest BCUT2D eigenvalue weighted by Gasteiger charge is 2.83. The summed E-state index contributed by atoms with van der Waals surface area (Å²) in [5, 5.41) is 4.76. The lowest BCUT2D eigenvalue weighted by Crippen LogP contribution is -2.63. The number of carboxylic acid groups (broad SMARTS) is 1. The summed E-state index contributed by atoms with van der Waals surface area (Å²) in [5.41, 5.74) is 1.32. The van der Waals surface area contributed by atoms with Crippen molar-refractivity contribution in [2.75, 3.05) is 0 Å². The van der Waals surface area contributed by atoms with Crippen LogP contribution in [0.4, 0.5) is 39.5 Å². The lowest BCUT2D eigenvalue weighted by Gasteiger charge is -2.34. The van der Waals surface area contributed by atoms with E-state index in [1.807, 2.05) is 18.2 Å². The number of hydrogen-bond acceptors (Lipinski definition) is 6. The molecule has 1 aliphatic carbocycles. The molecule has 1 unspecified atom stereocenters. The minimum atomic E-state index is -7.43. The van der Waals surface area contributed by atoms with Crippen molar-refractivity contribution in [3.05, 3.63) is 92.5 Å². The zero-order valence-corrected chi connectivity index (χ0v) is 24.6. The van der Waals surface area contributed by atoms with Crippen LogP contribution in [0, 0.1) is 6.08 Å². The van der Waals surface area contributed by atoms with Crippen molar-refractivity contribution in [1.82, 2.24) is 0 Å². The van der Waals surface area contributed by atoms with Gasteiger partial charge in [-0.2, -0.15) is 39.5 Å². The van der Waals surface area contributed by atoms with Gasteiger partial charge in [0.2, 0.25) is 10.3 Å². The SMILES string of the molecule is CC(C)(C)c1ccc(-[s+]2c3c(c(=O)c4ccccc42)[C+]=C(C(=O)[O-])C=C3)cc1.O=S(=O)([O-])C(F)(F)C(F)(F)C(F)(F)C(F)(F)F. The summed E-state index contributed by atoms with van der Waals surface area (Å²) in [4.78, 5) is 26.2. The maximum Gasteiger partial charge on any atom is 0.460 e. The molecule has 45 heavy (non-hydrogen) atoms. The third-order valence-corrected chi connectivity index (χ3v) is 9.52. The largest absolute Gasteiger partial charge is 0.743 e. The number of carbonyl (C=O) groups is 1. The lowest BCUT2D eigenvalue weighted by molar-refractivity contribution is -0.382. The van der Waals surface area contributed by atoms with Gasteiger partial charge in [0, 0.05) is 18.2 Å². The Morgan fingerprint density at radius 1 is 0.822 bits per heavy atom. The van der Waals surface area contributed by atoms with Crippen LogP contribution in [0.15, 0.2) is 65.0 Å². The Labute approximate surface area is 251 Å². The molecule has 242 valence electrons. The first kappa shape index (κ1) is 35.7. The molecular formula is C28H19F9O6S2. The monoisotopic (exact) mass is 686 g/mol. The molecule has 0 aliphatic heterocycles. The predicted molar refractivity (Wildman–Crippen MR) is 143 cm³/mol. The molecule has 4 rings (SSSR count). The number of aliphatic carboxylic acids is 1. The molecule has 0 fully saturated rings. The predicted octanol–water partition coefficient (Wildman–Crippen LogP) is 6.05. The van der Waals surface area contributed by atoms with Gasteiger partial charge in [0.1, 0.15) is 11.0 Å². The van der Waals surface area contributed by atoms with Gasteiger partial charge in [-0.15, -0.1) is 0 Å². The van der Waals surface area contributed by atoms with Crippen LogP contribution in [0.5, 0.6) is 0 Å². The molecule has 1 aliphatic rings. The van der Waals surface area contributed by atoms with Crippen molar-refractivity contribution in [1.29, 1.82) is 0 Å². The fourth-order valence-electron chi connectivity index (χ4n) is 3.89. The van der Waals surface area contributed by atoms with E-state index in [9.17, 15) is 67.2 Å². The van der Waals surface area contributed by atoms with Gasteiger partial charge in [-0.3, -0.25) is 0 Å². The highest BCUT2D eigenvalue weighted by molar-refractivity contribution is 7.86. The summed E-state index contributed by atoms with van der Waals surface area (Å²) in [7, 11) is -7.92. The highest BCUT2D eigenvalue weighted by Crippen LogP contribution is 2.54. The summed E-state index contributed by atoms with van der Waals surface area (Å²) in [6.45, 7) is 6.51. The topological polar surface area (TPSA) is 114 Å². The first-order valence-corrected chi connectivity index (χ1v) is 14.8. The van der Waals surface area contributed by atoms with Gasteiger partial charge in [-0.25, -0.2) is 13.2 Å². The number of carboxylic acids is 1. The van der Waals surface area contributed by atoms with E-state index in [1.165, 1.54) is 11.6 Å². The first-order chi connectivity index (χ1) is 20.3. The van der Waals surface area contributed by atoms with Crippen molar-refractivity contribution in [2.24, 2.45) is 0 Å². The van der Waals surface area contributed by atoms with E-state index in [2.05, 4.69) is 51.1 Å². The number of alkyl halides is 9. The maximum atomic E-state index is 13.0. The van der Waals surface area contributed by atoms with Gasteiger partial charge < -0.3 is 14.5 Å². The van der Waals surface area contributed by atoms with Crippen molar-refractivity contribution in [3.63, 3.8) is 0 Å². The second kappa shape index (κ2) is 11.5. The molecule has 2 aromatic carbocycles. The van der Waals surface area contributed by atoms with Crippen LogP contribution in [0.3, 0.4) is 0 Å². The molecule has 0 amide bonds. The second-order valence-electron chi connectivity index (χ2n) is 10.4. The number of fused-ring (bicyclic) bond motifs is 2. The fraction of sp³-hybridized carbons (Fsp3) is 0.286. The highest BCUT2D eigenvalue weighted by atomic mass is 32.2. The van der Waals surface area contributed by atoms with Crippen LogP contribution in [0.25, 0.3) is 21.1 Å². The van der Waals surface area contributed by atoms with Crippen LogP contribution in [0.1, 0.15) is 36.8 Å². The Bertz CT molecular complexity index is 1870. The molecule has 0 saturated heterocycles. The third-order valence-electron chi connectivity index (χ3n) is 6.31. The van der Waals surface area contributed by atoms with Gasteiger partial charge in [-0.1, -0.05) is 45.0 Å². The maximum absolute atomic E-state index is 13.0. The normalized spacial score (nSPS) is 14.6. The molecule has 0 bridgehead atoms. The summed E-state index contributed by atoms with van der Waals surface area (Å²) in [6, 6.07) is 16.0. The molecule has 1 aromatic heterocycles. The quantitative estimate of drug-likeness (QED) is 0.140. The molecule has 0 spiro atoms. The molecule has 1 heterocycles. The smallest absolute Gasteiger partial charge is 0.460 e. The Hall–Kier alpha value is -3.79. The molecule has 6 nitrogen and oxygen atoms in total. The number of benzene rings is 2. The molecule has 1 atom stereocenters. The van der Waals surface area contributed by atoms with Gasteiger partial charge in [-0.05, 0) is 29.2 Å². The lowest BCUT2D eigenvalue weighted by atomic mass is 9.87. The van der Waals surface area contributed by atoms with Crippen LogP contribution in [-0.4, -0.2) is 42.2 Å². The Morgan fingerprint density at radius 3 is 1.82 bits per heavy atom. The van der Waals surface area contributed by atoms with Gasteiger partial charge in [0.25, 0.3) is 10.3 Å². The number of carbonyl (C=O) groups excluding carboxylic acids is 1. The zero-order valence-electron chi connectivity index (χ0n) is 22.9. The number of hydrogen-bond donors (Lipinski definition) is 0. The molecule has 0 N–H and O–H groups in total. The third kappa shape index (κ3) is 6.34. The van der Waals surface area contributed by atoms with Crippen LogP contribution < -0.4 is 10.5 Å². The van der Waals surface area contributed by atoms with Crippen LogP contribution in [-0.2, 0) is 20.3 Å². The second-order valence-corrected chi connectivity index (χ2v) is 13.8. The average molecular weight is 687 g/mol. The Kier molecular flexibility index (Phi) is 9.15. The van der Waals surface area contributed by atoms with E-state index in [-0.39, 0.29) is 16.4 Å². The summed E-state index contributed by atoms with van der Waals surface area (Å²) >= 11 is 0. The van der Waals surface area contributed by atoms with Crippen molar-refractivity contribution in [2.45, 2.75) is 49.5 Å². The van der Waals surface area contributed by atoms with Gasteiger partial charge >= 0.3 is 23.3 Å². The molecule has 0 radical (unpaired) electrons. The number of halogens is 9. The van der Waals surface area contributed by atoms with Crippen molar-refractivity contribution >= 4 is 42.7 Å². The molecule has 0 saturated carbocycles. The van der Waals surface area contributed by atoms with E-state index < -0.39 is 49.8 Å². The van der Waals surface area contributed by atoms with E-state index in [1.54, 1.807) is 12.1 Å². The number of rotatable bonds is 5. The fourth-order valence-corrected chi connectivity index (χ4v) is 6.63. The van der Waals surface area contributed by atoms with E-state index in [0.717, 1.165) is 14.5 Å². The van der Waals surface area contributed by atoms with Crippen molar-refractivity contribution < 1.29 is 62.4 Å². The first-order valence-electron chi connectivity index (χ1n) is 12.2. The van der Waals surface area contributed by atoms with Crippen LogP contribution in [0.2, 0.25) is 0 Å². The molecular weight excluding hydrogens is 667 g/mol. The van der Waals surface area contributed by atoms with Crippen LogP contribution >= 0.6 is 10.5 Å². The average Bonchev–Trinajstić information content (AvgIpc) is 2.91. The van der Waals surface area contributed by atoms with Gasteiger partial charge in [0.05, 0.1) is 16.5 Å². The van der Waals surface area contributed by atoms with Gasteiger partial charge in [0.15, 0.2) is 21.0 Å². The van der Waals surface area contributed by atoms with E-state index in [4.69, 9.17) is 0 Å². The van der Waals surface area contributed by atoms with Crippen molar-refractivity contribution in [3.8, 4) is 4.90 Å². The standard InChI is InChI=1S/C24H19O3S.C4HF9O3S/c1-24(2,3)16-9-11-17(12-10-16)28-20-7-5-4-6-18(20)22(25)19-14-15(23(26)27)8-13-21(19)28;5-1(6,3(9,10)11)2(7,8)4(12,13)17(14,15)16/h4-13H,1-3H3;(H,14,15,16)/q+1;/p-1. The Morgan fingerprint density at radius 2 is 1.36 bits per heavy atom. The summed E-state index contributed by atoms with van der Waals surface area (Å²) < 4.78 is 136. The Balaban J connectivity index is 0.000000281. The zero-order chi connectivity index (χ0) is 34.6. The van der Waals surface area contributed by atoms with E-state index in [0.29, 0.717) is 10.9 Å². The molecule has 3 aromatic rings. The molecule has 17 heteroatoms. The minimum absolute atomic E-state index is 0.0527. The minimum Gasteiger partial charge on any atom is -0.743 e. The summed E-state index contributed by atoms with van der Waals surface area (Å²) in [6.07, 6.45) is -1.18. The summed E-state index contributed by atoms with van der Waals surface area (Å²) in [5.74, 6) is -16.1.